The number of rotatable bonds is 5. The third kappa shape index (κ3) is 3.73. The molecule has 1 rings (SSSR count). The summed E-state index contributed by atoms with van der Waals surface area (Å²) in [6.07, 6.45) is 0. The molecule has 0 spiro atoms. The second-order valence-electron chi connectivity index (χ2n) is 4.04. The normalized spacial score (nSPS) is 11.1. The molecule has 0 aliphatic carbocycles. The predicted molar refractivity (Wildman–Crippen MR) is 69.6 cm³/mol. The van der Waals surface area contributed by atoms with E-state index in [0.717, 1.165) is 0 Å². The molecule has 17 heavy (non-hydrogen) atoms. The molecule has 0 bridgehead atoms. The molecule has 0 aliphatic heterocycles. The molecule has 0 aromatic heterocycles. The average Bonchev–Trinajstić information content (AvgIpc) is 2.22. The molecular weight excluding hydrogens is 287 g/mol. The van der Waals surface area contributed by atoms with Gasteiger partial charge in [0.15, 0.2) is 17.2 Å². The summed E-state index contributed by atoms with van der Waals surface area (Å²) in [4.78, 5) is 0. The Morgan fingerprint density at radius 3 is 2.65 bits per heavy atom. The summed E-state index contributed by atoms with van der Waals surface area (Å²) in [5.41, 5.74) is -0.773. The summed E-state index contributed by atoms with van der Waals surface area (Å²) in [5.74, 6) is 0.234. The summed E-state index contributed by atoms with van der Waals surface area (Å²) in [7, 11) is 0. The van der Waals surface area contributed by atoms with Crippen LogP contribution in [0.15, 0.2) is 35.0 Å². The fourth-order valence-corrected chi connectivity index (χ4v) is 1.57. The zero-order chi connectivity index (χ0) is 13.1. The molecule has 0 atom stereocenters. The van der Waals surface area contributed by atoms with Crippen molar-refractivity contribution in [2.75, 3.05) is 6.61 Å². The van der Waals surface area contributed by atoms with Gasteiger partial charge in [-0.1, -0.05) is 22.5 Å². The lowest BCUT2D eigenvalue weighted by atomic mass is 10.1. The maximum absolute atomic E-state index is 13.6. The zero-order valence-corrected chi connectivity index (χ0v) is 11.8. The SMILES string of the molecule is C=C(OCC)C(C)(C)Oc1ccc(Br)cc1F. The van der Waals surface area contributed by atoms with Gasteiger partial charge >= 0.3 is 0 Å². The van der Waals surface area contributed by atoms with Gasteiger partial charge in [0.25, 0.3) is 0 Å². The Kier molecular flexibility index (Phi) is 4.57. The second-order valence-corrected chi connectivity index (χ2v) is 4.96. The minimum absolute atomic E-state index is 0.180. The third-order valence-electron chi connectivity index (χ3n) is 2.25. The molecule has 0 heterocycles. The number of hydrogen-bond donors (Lipinski definition) is 0. The van der Waals surface area contributed by atoms with Gasteiger partial charge in [0.2, 0.25) is 0 Å². The Morgan fingerprint density at radius 2 is 2.12 bits per heavy atom. The molecule has 0 saturated heterocycles. The number of ether oxygens (including phenoxy) is 2. The fourth-order valence-electron chi connectivity index (χ4n) is 1.24. The third-order valence-corrected chi connectivity index (χ3v) is 2.74. The first kappa shape index (κ1) is 14.0. The number of benzene rings is 1. The van der Waals surface area contributed by atoms with Crippen molar-refractivity contribution in [1.82, 2.24) is 0 Å². The molecule has 0 amide bonds. The van der Waals surface area contributed by atoms with Crippen LogP contribution in [0.2, 0.25) is 0 Å². The molecule has 0 radical (unpaired) electrons. The fraction of sp³-hybridized carbons (Fsp3) is 0.385. The molecular formula is C13H16BrFO2. The molecule has 1 aromatic carbocycles. The van der Waals surface area contributed by atoms with Crippen molar-refractivity contribution >= 4 is 15.9 Å². The van der Waals surface area contributed by atoms with Crippen LogP contribution in [0.1, 0.15) is 20.8 Å². The largest absolute Gasteiger partial charge is 0.495 e. The highest BCUT2D eigenvalue weighted by molar-refractivity contribution is 9.10. The van der Waals surface area contributed by atoms with Crippen molar-refractivity contribution in [1.29, 1.82) is 0 Å². The highest BCUT2D eigenvalue weighted by atomic mass is 79.9. The topological polar surface area (TPSA) is 18.5 Å². The van der Waals surface area contributed by atoms with Crippen molar-refractivity contribution in [2.45, 2.75) is 26.4 Å². The Morgan fingerprint density at radius 1 is 1.47 bits per heavy atom. The highest BCUT2D eigenvalue weighted by Gasteiger charge is 2.26. The van der Waals surface area contributed by atoms with Crippen molar-refractivity contribution in [3.63, 3.8) is 0 Å². The molecule has 0 unspecified atom stereocenters. The van der Waals surface area contributed by atoms with Crippen molar-refractivity contribution in [2.24, 2.45) is 0 Å². The summed E-state index contributed by atoms with van der Waals surface area (Å²) in [5, 5.41) is 0. The van der Waals surface area contributed by atoms with Gasteiger partial charge in [-0.25, -0.2) is 4.39 Å². The van der Waals surface area contributed by atoms with Crippen LogP contribution in [-0.2, 0) is 4.74 Å². The summed E-state index contributed by atoms with van der Waals surface area (Å²) in [6, 6.07) is 4.65. The summed E-state index contributed by atoms with van der Waals surface area (Å²) < 4.78 is 25.1. The van der Waals surface area contributed by atoms with Crippen LogP contribution in [0.3, 0.4) is 0 Å². The van der Waals surface area contributed by atoms with Crippen molar-refractivity contribution in [3.8, 4) is 5.75 Å². The quantitative estimate of drug-likeness (QED) is 0.755. The first-order valence-corrected chi connectivity index (χ1v) is 6.12. The smallest absolute Gasteiger partial charge is 0.166 e. The summed E-state index contributed by atoms with van der Waals surface area (Å²) in [6.45, 7) is 9.72. The number of halogens is 2. The van der Waals surface area contributed by atoms with E-state index < -0.39 is 11.4 Å². The first-order valence-electron chi connectivity index (χ1n) is 5.33. The molecule has 0 N–H and O–H groups in total. The van der Waals surface area contributed by atoms with E-state index in [4.69, 9.17) is 9.47 Å². The van der Waals surface area contributed by atoms with Crippen LogP contribution in [-0.4, -0.2) is 12.2 Å². The van der Waals surface area contributed by atoms with E-state index in [1.807, 2.05) is 6.92 Å². The molecule has 0 fully saturated rings. The van der Waals surface area contributed by atoms with Gasteiger partial charge in [0.05, 0.1) is 6.61 Å². The maximum Gasteiger partial charge on any atom is 0.166 e. The average molecular weight is 303 g/mol. The molecule has 1 aromatic rings. The van der Waals surface area contributed by atoms with E-state index in [1.54, 1.807) is 26.0 Å². The van der Waals surface area contributed by atoms with Crippen molar-refractivity contribution in [3.05, 3.63) is 40.8 Å². The van der Waals surface area contributed by atoms with E-state index in [0.29, 0.717) is 16.8 Å². The van der Waals surface area contributed by atoms with E-state index in [-0.39, 0.29) is 5.75 Å². The van der Waals surface area contributed by atoms with E-state index in [9.17, 15) is 4.39 Å². The van der Waals surface area contributed by atoms with Crippen molar-refractivity contribution < 1.29 is 13.9 Å². The first-order chi connectivity index (χ1) is 7.86. The minimum Gasteiger partial charge on any atom is -0.495 e. The van der Waals surface area contributed by atoms with Crippen LogP contribution in [0.4, 0.5) is 4.39 Å². The van der Waals surface area contributed by atoms with Gasteiger partial charge in [-0.2, -0.15) is 0 Å². The summed E-state index contributed by atoms with van der Waals surface area (Å²) >= 11 is 3.19. The lowest BCUT2D eigenvalue weighted by Gasteiger charge is -2.28. The Bertz CT molecular complexity index is 416. The van der Waals surface area contributed by atoms with Gasteiger partial charge in [-0.3, -0.25) is 0 Å². The minimum atomic E-state index is -0.773. The molecule has 4 heteroatoms. The van der Waals surface area contributed by atoms with E-state index in [1.165, 1.54) is 6.07 Å². The van der Waals surface area contributed by atoms with Crippen LogP contribution < -0.4 is 4.74 Å². The Hall–Kier alpha value is -1.03. The van der Waals surface area contributed by atoms with Crippen LogP contribution in [0.5, 0.6) is 5.75 Å². The number of hydrogen-bond acceptors (Lipinski definition) is 2. The highest BCUT2D eigenvalue weighted by Crippen LogP contribution is 2.28. The Labute approximate surface area is 110 Å². The van der Waals surface area contributed by atoms with E-state index in [2.05, 4.69) is 22.5 Å². The lowest BCUT2D eigenvalue weighted by Crippen LogP contribution is -2.32. The zero-order valence-electron chi connectivity index (χ0n) is 10.2. The molecule has 0 saturated carbocycles. The Balaban J connectivity index is 2.86. The lowest BCUT2D eigenvalue weighted by molar-refractivity contribution is 0.0610. The van der Waals surface area contributed by atoms with Gasteiger partial charge in [-0.15, -0.1) is 0 Å². The molecule has 94 valence electrons. The van der Waals surface area contributed by atoms with Crippen LogP contribution in [0, 0.1) is 5.82 Å². The maximum atomic E-state index is 13.6. The van der Waals surface area contributed by atoms with Gasteiger partial charge < -0.3 is 9.47 Å². The monoisotopic (exact) mass is 302 g/mol. The van der Waals surface area contributed by atoms with Gasteiger partial charge in [0.1, 0.15) is 5.76 Å². The second kappa shape index (κ2) is 5.54. The standard InChI is InChI=1S/C13H16BrFO2/c1-5-16-9(2)13(3,4)17-12-7-6-10(14)8-11(12)15/h6-8H,2,5H2,1,3-4H3. The van der Waals surface area contributed by atoms with Gasteiger partial charge in [0, 0.05) is 4.47 Å². The predicted octanol–water partition coefficient (Wildman–Crippen LogP) is 4.30. The van der Waals surface area contributed by atoms with E-state index >= 15 is 0 Å². The molecule has 2 nitrogen and oxygen atoms in total. The van der Waals surface area contributed by atoms with Gasteiger partial charge in [-0.05, 0) is 39.0 Å². The van der Waals surface area contributed by atoms with Crippen LogP contribution in [0.25, 0.3) is 0 Å². The van der Waals surface area contributed by atoms with Crippen LogP contribution >= 0.6 is 15.9 Å². The molecule has 0 aliphatic rings.